The van der Waals surface area contributed by atoms with Gasteiger partial charge in [-0.3, -0.25) is 9.59 Å². The van der Waals surface area contributed by atoms with E-state index in [0.717, 1.165) is 36.8 Å². The van der Waals surface area contributed by atoms with Crippen molar-refractivity contribution < 1.29 is 14.3 Å². The Bertz CT molecular complexity index is 883. The molecule has 0 fully saturated rings. The van der Waals surface area contributed by atoms with Crippen LogP contribution in [0.5, 0.6) is 0 Å². The zero-order valence-electron chi connectivity index (χ0n) is 21.0. The fraction of sp³-hybridized carbons (Fsp3) is 0.517. The van der Waals surface area contributed by atoms with Gasteiger partial charge >= 0.3 is 5.97 Å². The molecule has 0 heterocycles. The fourth-order valence-corrected chi connectivity index (χ4v) is 4.15. The lowest BCUT2D eigenvalue weighted by Crippen LogP contribution is -2.27. The number of benzene rings is 2. The van der Waals surface area contributed by atoms with Crippen LogP contribution in [0.1, 0.15) is 98.8 Å². The number of Topliss-reactive ketones (excluding diaryl/α,β-unsaturated/α-hetero) is 1. The van der Waals surface area contributed by atoms with E-state index in [0.29, 0.717) is 23.7 Å². The predicted octanol–water partition coefficient (Wildman–Crippen LogP) is 7.33. The summed E-state index contributed by atoms with van der Waals surface area (Å²) < 4.78 is 5.75. The Morgan fingerprint density at radius 3 is 2.06 bits per heavy atom. The summed E-state index contributed by atoms with van der Waals surface area (Å²) in [6, 6.07) is 13.4. The lowest BCUT2D eigenvalue weighted by atomic mass is 9.81. The second kappa shape index (κ2) is 11.4. The second-order valence-electron chi connectivity index (χ2n) is 9.99. The Morgan fingerprint density at radius 2 is 1.56 bits per heavy atom. The molecule has 0 saturated heterocycles. The van der Waals surface area contributed by atoms with E-state index in [9.17, 15) is 9.59 Å². The molecular formula is C29H40O3. The maximum atomic E-state index is 13.8. The maximum absolute atomic E-state index is 13.8. The summed E-state index contributed by atoms with van der Waals surface area (Å²) in [6.45, 7) is 15.1. The third-order valence-electron chi connectivity index (χ3n) is 6.28. The summed E-state index contributed by atoms with van der Waals surface area (Å²) in [7, 11) is 0. The van der Waals surface area contributed by atoms with Crippen molar-refractivity contribution in [3.05, 3.63) is 70.3 Å². The molecule has 2 aromatic rings. The molecule has 2 atom stereocenters. The minimum absolute atomic E-state index is 0.0114. The van der Waals surface area contributed by atoms with E-state index in [4.69, 9.17) is 4.74 Å². The van der Waals surface area contributed by atoms with Gasteiger partial charge in [-0.05, 0) is 53.9 Å². The van der Waals surface area contributed by atoms with Gasteiger partial charge in [0.25, 0.3) is 0 Å². The highest BCUT2D eigenvalue weighted by Crippen LogP contribution is 2.31. The smallest absolute Gasteiger partial charge is 0.321 e. The molecule has 0 aliphatic heterocycles. The van der Waals surface area contributed by atoms with Gasteiger partial charge in [0.2, 0.25) is 0 Å². The SMILES string of the molecule is CCCCC(CC)COC(=O)C(C(=O)c1c(C)cc(C(C)(C)C)cc1C)c1ccccc1. The highest BCUT2D eigenvalue weighted by atomic mass is 16.5. The zero-order chi connectivity index (χ0) is 23.9. The van der Waals surface area contributed by atoms with Crippen molar-refractivity contribution in [1.82, 2.24) is 0 Å². The normalized spacial score (nSPS) is 13.5. The first kappa shape index (κ1) is 25.8. The largest absolute Gasteiger partial charge is 0.465 e. The van der Waals surface area contributed by atoms with E-state index in [1.807, 2.05) is 44.2 Å². The molecule has 0 amide bonds. The molecule has 3 heteroatoms. The summed E-state index contributed by atoms with van der Waals surface area (Å²) in [5.74, 6) is -1.24. The molecule has 3 nitrogen and oxygen atoms in total. The van der Waals surface area contributed by atoms with Crippen LogP contribution in [0.25, 0.3) is 0 Å². The van der Waals surface area contributed by atoms with Gasteiger partial charge in [0.05, 0.1) is 6.61 Å². The maximum Gasteiger partial charge on any atom is 0.321 e. The van der Waals surface area contributed by atoms with Crippen molar-refractivity contribution in [3.63, 3.8) is 0 Å². The van der Waals surface area contributed by atoms with E-state index in [1.54, 1.807) is 0 Å². The molecule has 2 aromatic carbocycles. The first-order valence-corrected chi connectivity index (χ1v) is 12.0. The molecule has 32 heavy (non-hydrogen) atoms. The van der Waals surface area contributed by atoms with E-state index in [1.165, 1.54) is 5.56 Å². The summed E-state index contributed by atoms with van der Waals surface area (Å²) >= 11 is 0. The van der Waals surface area contributed by atoms with Crippen LogP contribution in [-0.4, -0.2) is 18.4 Å². The minimum Gasteiger partial charge on any atom is -0.465 e. The second-order valence-corrected chi connectivity index (χ2v) is 9.99. The van der Waals surface area contributed by atoms with Gasteiger partial charge in [0.1, 0.15) is 5.92 Å². The van der Waals surface area contributed by atoms with Crippen LogP contribution in [0.15, 0.2) is 42.5 Å². The number of hydrogen-bond acceptors (Lipinski definition) is 3. The molecule has 0 spiro atoms. The van der Waals surface area contributed by atoms with Crippen LogP contribution >= 0.6 is 0 Å². The van der Waals surface area contributed by atoms with E-state index >= 15 is 0 Å². The molecule has 0 aliphatic carbocycles. The summed E-state index contributed by atoms with van der Waals surface area (Å²) in [5, 5.41) is 0. The van der Waals surface area contributed by atoms with E-state index in [2.05, 4.69) is 46.8 Å². The Hall–Kier alpha value is -2.42. The van der Waals surface area contributed by atoms with Crippen LogP contribution < -0.4 is 0 Å². The lowest BCUT2D eigenvalue weighted by molar-refractivity contribution is -0.145. The molecule has 0 N–H and O–H groups in total. The van der Waals surface area contributed by atoms with Crippen LogP contribution in [0.4, 0.5) is 0 Å². The topological polar surface area (TPSA) is 43.4 Å². The van der Waals surface area contributed by atoms with Gasteiger partial charge in [-0.1, -0.05) is 96.3 Å². The molecule has 0 aliphatic rings. The van der Waals surface area contributed by atoms with Crippen molar-refractivity contribution >= 4 is 11.8 Å². The van der Waals surface area contributed by atoms with Crippen molar-refractivity contribution in [2.45, 2.75) is 85.5 Å². The number of carbonyl (C=O) groups is 2. The average molecular weight is 437 g/mol. The van der Waals surface area contributed by atoms with Crippen LogP contribution in [-0.2, 0) is 14.9 Å². The zero-order valence-corrected chi connectivity index (χ0v) is 21.0. The summed E-state index contributed by atoms with van der Waals surface area (Å²) in [4.78, 5) is 27.0. The lowest BCUT2D eigenvalue weighted by Gasteiger charge is -2.24. The third kappa shape index (κ3) is 6.54. The quantitative estimate of drug-likeness (QED) is 0.222. The molecule has 2 rings (SSSR count). The molecule has 0 bridgehead atoms. The number of carbonyl (C=O) groups excluding carboxylic acids is 2. The Morgan fingerprint density at radius 1 is 0.969 bits per heavy atom. The fourth-order valence-electron chi connectivity index (χ4n) is 4.15. The van der Waals surface area contributed by atoms with Crippen LogP contribution in [0, 0.1) is 19.8 Å². The minimum atomic E-state index is -0.947. The van der Waals surface area contributed by atoms with Gasteiger partial charge in [0, 0.05) is 5.56 Å². The predicted molar refractivity (Wildman–Crippen MR) is 132 cm³/mol. The molecule has 0 saturated carbocycles. The monoisotopic (exact) mass is 436 g/mol. The van der Waals surface area contributed by atoms with Crippen molar-refractivity contribution in [3.8, 4) is 0 Å². The Labute approximate surface area is 194 Å². The van der Waals surface area contributed by atoms with Gasteiger partial charge in [-0.25, -0.2) is 0 Å². The average Bonchev–Trinajstić information content (AvgIpc) is 2.73. The summed E-state index contributed by atoms with van der Waals surface area (Å²) in [6.07, 6.45) is 4.24. The van der Waals surface area contributed by atoms with Crippen LogP contribution in [0.3, 0.4) is 0 Å². The van der Waals surface area contributed by atoms with Crippen molar-refractivity contribution in [2.24, 2.45) is 5.92 Å². The first-order valence-electron chi connectivity index (χ1n) is 12.0. The van der Waals surface area contributed by atoms with Gasteiger partial charge in [-0.2, -0.15) is 0 Å². The first-order chi connectivity index (χ1) is 15.1. The Balaban J connectivity index is 2.38. The van der Waals surface area contributed by atoms with Crippen molar-refractivity contribution in [2.75, 3.05) is 6.61 Å². The molecule has 2 unspecified atom stereocenters. The number of unbranched alkanes of at least 4 members (excludes halogenated alkanes) is 1. The number of esters is 1. The number of ketones is 1. The molecule has 174 valence electrons. The Kier molecular flexibility index (Phi) is 9.24. The van der Waals surface area contributed by atoms with Gasteiger partial charge < -0.3 is 4.74 Å². The molecular weight excluding hydrogens is 396 g/mol. The van der Waals surface area contributed by atoms with Crippen molar-refractivity contribution in [1.29, 1.82) is 0 Å². The molecule has 0 aromatic heterocycles. The number of hydrogen-bond donors (Lipinski definition) is 0. The van der Waals surface area contributed by atoms with Gasteiger partial charge in [0.15, 0.2) is 5.78 Å². The standard InChI is InChI=1S/C29H40O3/c1-8-10-14-22(9-2)19-32-28(31)26(23-15-12-11-13-16-23)27(30)25-20(3)17-24(18-21(25)4)29(5,6)7/h11-13,15-18,22,26H,8-10,14,19H2,1-7H3. The summed E-state index contributed by atoms with van der Waals surface area (Å²) in [5.41, 5.74) is 4.29. The van der Waals surface area contributed by atoms with Crippen LogP contribution in [0.2, 0.25) is 0 Å². The third-order valence-corrected chi connectivity index (χ3v) is 6.28. The number of rotatable bonds is 10. The van der Waals surface area contributed by atoms with Gasteiger partial charge in [-0.15, -0.1) is 0 Å². The van der Waals surface area contributed by atoms with E-state index < -0.39 is 11.9 Å². The molecule has 0 radical (unpaired) electrons. The highest BCUT2D eigenvalue weighted by molar-refractivity contribution is 6.14. The number of ether oxygens (including phenoxy) is 1. The van der Waals surface area contributed by atoms with E-state index in [-0.39, 0.29) is 11.2 Å². The number of aryl methyl sites for hydroxylation is 2. The highest BCUT2D eigenvalue weighted by Gasteiger charge is 2.33.